The van der Waals surface area contributed by atoms with Crippen molar-refractivity contribution in [2.75, 3.05) is 13.1 Å². The van der Waals surface area contributed by atoms with Crippen LogP contribution in [0.5, 0.6) is 0 Å². The Morgan fingerprint density at radius 2 is 2.20 bits per heavy atom. The maximum atomic E-state index is 12.5. The molecule has 1 heterocycles. The van der Waals surface area contributed by atoms with Crippen LogP contribution in [0.4, 0.5) is 0 Å². The molecule has 20 heavy (non-hydrogen) atoms. The van der Waals surface area contributed by atoms with Gasteiger partial charge in [0.1, 0.15) is 0 Å². The number of aryl methyl sites for hydroxylation is 1. The first-order valence-corrected chi connectivity index (χ1v) is 8.78. The molecule has 1 aliphatic heterocycles. The van der Waals surface area contributed by atoms with Gasteiger partial charge in [-0.2, -0.15) is 0 Å². The van der Waals surface area contributed by atoms with Crippen LogP contribution < -0.4 is 5.73 Å². The molecule has 4 nitrogen and oxygen atoms in total. The number of rotatable bonds is 4. The third kappa shape index (κ3) is 3.81. The number of hydrogen-bond donors (Lipinski definition) is 1. The van der Waals surface area contributed by atoms with Gasteiger partial charge < -0.3 is 5.73 Å². The maximum Gasteiger partial charge on any atom is 0.218 e. The van der Waals surface area contributed by atoms with Gasteiger partial charge in [-0.25, -0.2) is 12.7 Å². The third-order valence-electron chi connectivity index (χ3n) is 3.99. The molecule has 0 bridgehead atoms. The molecule has 1 aliphatic rings. The summed E-state index contributed by atoms with van der Waals surface area (Å²) >= 11 is 0. The van der Waals surface area contributed by atoms with Gasteiger partial charge in [0.2, 0.25) is 10.0 Å². The molecule has 112 valence electrons. The Balaban J connectivity index is 2.10. The summed E-state index contributed by atoms with van der Waals surface area (Å²) in [4.78, 5) is 0. The van der Waals surface area contributed by atoms with Crippen LogP contribution in [0.15, 0.2) is 24.3 Å². The summed E-state index contributed by atoms with van der Waals surface area (Å²) in [5, 5.41) is 0. The van der Waals surface area contributed by atoms with Gasteiger partial charge in [0.15, 0.2) is 0 Å². The van der Waals surface area contributed by atoms with Crippen molar-refractivity contribution in [1.82, 2.24) is 4.31 Å². The van der Waals surface area contributed by atoms with Crippen molar-refractivity contribution in [3.05, 3.63) is 35.4 Å². The molecule has 0 aliphatic carbocycles. The quantitative estimate of drug-likeness (QED) is 0.923. The van der Waals surface area contributed by atoms with Gasteiger partial charge in [-0.1, -0.05) is 29.8 Å². The van der Waals surface area contributed by atoms with Gasteiger partial charge in [-0.15, -0.1) is 0 Å². The number of benzene rings is 1. The summed E-state index contributed by atoms with van der Waals surface area (Å²) in [6, 6.07) is 7.73. The zero-order valence-corrected chi connectivity index (χ0v) is 13.1. The molecule has 0 spiro atoms. The normalized spacial score (nSPS) is 22.6. The first-order valence-electron chi connectivity index (χ1n) is 7.17. The minimum absolute atomic E-state index is 0.0481. The number of piperidine rings is 1. The fourth-order valence-electron chi connectivity index (χ4n) is 2.76. The molecule has 0 aromatic heterocycles. The summed E-state index contributed by atoms with van der Waals surface area (Å²) in [6.45, 7) is 5.12. The van der Waals surface area contributed by atoms with Crippen molar-refractivity contribution in [2.45, 2.75) is 38.5 Å². The van der Waals surface area contributed by atoms with E-state index in [0.717, 1.165) is 24.0 Å². The van der Waals surface area contributed by atoms with Crippen LogP contribution in [0, 0.1) is 12.8 Å². The van der Waals surface area contributed by atoms with Crippen LogP contribution in [0.25, 0.3) is 0 Å². The van der Waals surface area contributed by atoms with Gasteiger partial charge in [-0.05, 0) is 38.2 Å². The Hall–Kier alpha value is -0.910. The highest BCUT2D eigenvalue weighted by atomic mass is 32.2. The monoisotopic (exact) mass is 296 g/mol. The summed E-state index contributed by atoms with van der Waals surface area (Å²) in [7, 11) is -3.24. The molecule has 2 atom stereocenters. The van der Waals surface area contributed by atoms with Gasteiger partial charge in [-0.3, -0.25) is 0 Å². The minimum Gasteiger partial charge on any atom is -0.328 e. The Kier molecular flexibility index (Phi) is 4.83. The van der Waals surface area contributed by atoms with E-state index in [2.05, 4.69) is 0 Å². The predicted molar refractivity (Wildman–Crippen MR) is 81.7 cm³/mol. The topological polar surface area (TPSA) is 63.4 Å². The van der Waals surface area contributed by atoms with Crippen LogP contribution in [-0.4, -0.2) is 31.9 Å². The first-order chi connectivity index (χ1) is 9.38. The van der Waals surface area contributed by atoms with Crippen molar-refractivity contribution in [3.63, 3.8) is 0 Å². The molecular weight excluding hydrogens is 272 g/mol. The molecule has 0 radical (unpaired) electrons. The number of nitrogens with zero attached hydrogens (tertiary/aromatic N) is 1. The Bertz CT molecular complexity index is 555. The van der Waals surface area contributed by atoms with Crippen LogP contribution >= 0.6 is 0 Å². The SMILES string of the molecule is Cc1cccc(CS(=O)(=O)N2CCC[C@H]([C@H](C)N)C2)c1. The largest absolute Gasteiger partial charge is 0.328 e. The van der Waals surface area contributed by atoms with Crippen LogP contribution in [0.3, 0.4) is 0 Å². The lowest BCUT2D eigenvalue weighted by Gasteiger charge is -2.33. The van der Waals surface area contributed by atoms with Crippen molar-refractivity contribution in [1.29, 1.82) is 0 Å². The molecule has 1 aromatic rings. The van der Waals surface area contributed by atoms with E-state index in [1.165, 1.54) is 0 Å². The standard InChI is InChI=1S/C15H24N2O2S/c1-12-5-3-6-14(9-12)11-20(18,19)17-8-4-7-15(10-17)13(2)16/h3,5-6,9,13,15H,4,7-8,10-11,16H2,1-2H3/t13-,15-/m0/s1. The lowest BCUT2D eigenvalue weighted by molar-refractivity contribution is 0.243. The van der Waals surface area contributed by atoms with Crippen LogP contribution in [0.2, 0.25) is 0 Å². The molecule has 1 fully saturated rings. The van der Waals surface area contributed by atoms with E-state index in [-0.39, 0.29) is 17.7 Å². The van der Waals surface area contributed by atoms with Gasteiger partial charge in [0.25, 0.3) is 0 Å². The Morgan fingerprint density at radius 1 is 1.45 bits per heavy atom. The first kappa shape index (κ1) is 15.5. The molecule has 0 unspecified atom stereocenters. The molecule has 0 amide bonds. The fourth-order valence-corrected chi connectivity index (χ4v) is 4.37. The highest BCUT2D eigenvalue weighted by Gasteiger charge is 2.30. The van der Waals surface area contributed by atoms with Gasteiger partial charge >= 0.3 is 0 Å². The number of hydrogen-bond acceptors (Lipinski definition) is 3. The second-order valence-corrected chi connectivity index (χ2v) is 7.83. The van der Waals surface area contributed by atoms with Gasteiger partial charge in [0, 0.05) is 19.1 Å². The van der Waals surface area contributed by atoms with Crippen molar-refractivity contribution in [2.24, 2.45) is 11.7 Å². The van der Waals surface area contributed by atoms with Gasteiger partial charge in [0.05, 0.1) is 5.75 Å². The Morgan fingerprint density at radius 3 is 2.85 bits per heavy atom. The predicted octanol–water partition coefficient (Wildman–Crippen LogP) is 1.88. The van der Waals surface area contributed by atoms with Crippen molar-refractivity contribution < 1.29 is 8.42 Å². The molecule has 1 aromatic carbocycles. The summed E-state index contributed by atoms with van der Waals surface area (Å²) in [6.07, 6.45) is 1.92. The second-order valence-electron chi connectivity index (χ2n) is 5.86. The molecule has 5 heteroatoms. The highest BCUT2D eigenvalue weighted by Crippen LogP contribution is 2.23. The molecular formula is C15H24N2O2S. The molecule has 2 rings (SSSR count). The summed E-state index contributed by atoms with van der Waals surface area (Å²) < 4.78 is 26.7. The number of nitrogens with two attached hydrogens (primary N) is 1. The average molecular weight is 296 g/mol. The molecule has 0 saturated carbocycles. The van der Waals surface area contributed by atoms with E-state index in [1.54, 1.807) is 4.31 Å². The fraction of sp³-hybridized carbons (Fsp3) is 0.600. The second kappa shape index (κ2) is 6.24. The zero-order chi connectivity index (χ0) is 14.8. The van der Waals surface area contributed by atoms with Crippen LogP contribution in [-0.2, 0) is 15.8 Å². The van der Waals surface area contributed by atoms with Crippen LogP contribution in [0.1, 0.15) is 30.9 Å². The minimum atomic E-state index is -3.24. The van der Waals surface area contributed by atoms with E-state index < -0.39 is 10.0 Å². The zero-order valence-electron chi connectivity index (χ0n) is 12.2. The lowest BCUT2D eigenvalue weighted by Crippen LogP contribution is -2.45. The van der Waals surface area contributed by atoms with Crippen molar-refractivity contribution >= 4 is 10.0 Å². The lowest BCUT2D eigenvalue weighted by atomic mass is 9.93. The van der Waals surface area contributed by atoms with E-state index >= 15 is 0 Å². The third-order valence-corrected chi connectivity index (χ3v) is 5.81. The summed E-state index contributed by atoms with van der Waals surface area (Å²) in [5.41, 5.74) is 7.87. The molecule has 2 N–H and O–H groups in total. The van der Waals surface area contributed by atoms with Crippen molar-refractivity contribution in [3.8, 4) is 0 Å². The number of sulfonamides is 1. The Labute approximate surface area is 122 Å². The highest BCUT2D eigenvalue weighted by molar-refractivity contribution is 7.88. The maximum absolute atomic E-state index is 12.5. The van der Waals surface area contributed by atoms with E-state index in [0.29, 0.717) is 13.1 Å². The molecule has 1 saturated heterocycles. The van der Waals surface area contributed by atoms with E-state index in [9.17, 15) is 8.42 Å². The summed E-state index contributed by atoms with van der Waals surface area (Å²) in [5.74, 6) is 0.358. The smallest absolute Gasteiger partial charge is 0.218 e. The average Bonchev–Trinajstić information content (AvgIpc) is 2.38. The van der Waals surface area contributed by atoms with E-state index in [4.69, 9.17) is 5.73 Å². The van der Waals surface area contributed by atoms with E-state index in [1.807, 2.05) is 38.1 Å².